The van der Waals surface area contributed by atoms with Crippen LogP contribution in [-0.2, 0) is 14.6 Å². The van der Waals surface area contributed by atoms with E-state index in [4.69, 9.17) is 4.42 Å². The van der Waals surface area contributed by atoms with Gasteiger partial charge in [-0.25, -0.2) is 8.42 Å². The Kier molecular flexibility index (Phi) is 5.26. The number of furan rings is 1. The molecule has 0 spiro atoms. The molecule has 3 N–H and O–H groups in total. The minimum atomic E-state index is -3.18. The lowest BCUT2D eigenvalue weighted by atomic mass is 10.1. The number of carbonyl (C=O) groups excluding carboxylic acids is 3. The van der Waals surface area contributed by atoms with Crippen LogP contribution in [-0.4, -0.2) is 37.6 Å². The Morgan fingerprint density at radius 2 is 1.74 bits per heavy atom. The fourth-order valence-electron chi connectivity index (χ4n) is 2.60. The van der Waals surface area contributed by atoms with Crippen molar-refractivity contribution in [3.05, 3.63) is 54.0 Å². The zero-order chi connectivity index (χ0) is 19.4. The molecule has 1 fully saturated rings. The Morgan fingerprint density at radius 1 is 1.00 bits per heavy atom. The summed E-state index contributed by atoms with van der Waals surface area (Å²) in [6.07, 6.45) is 1.63. The van der Waals surface area contributed by atoms with E-state index in [0.29, 0.717) is 5.69 Å². The zero-order valence-corrected chi connectivity index (χ0v) is 14.9. The lowest BCUT2D eigenvalue weighted by Gasteiger charge is -2.11. The molecule has 3 amide bonds. The quantitative estimate of drug-likeness (QED) is 0.658. The van der Waals surface area contributed by atoms with Crippen LogP contribution < -0.4 is 16.2 Å². The molecule has 2 heterocycles. The van der Waals surface area contributed by atoms with Crippen molar-refractivity contribution in [2.45, 2.75) is 6.42 Å². The summed E-state index contributed by atoms with van der Waals surface area (Å²) in [5.41, 5.74) is 5.21. The zero-order valence-electron chi connectivity index (χ0n) is 14.1. The molecule has 2 aromatic rings. The monoisotopic (exact) mass is 391 g/mol. The number of benzene rings is 1. The molecule has 27 heavy (non-hydrogen) atoms. The number of hydrogen-bond donors (Lipinski definition) is 3. The molecule has 1 aromatic carbocycles. The Balaban J connectivity index is 1.51. The first-order valence-corrected chi connectivity index (χ1v) is 9.92. The molecule has 1 aliphatic heterocycles. The van der Waals surface area contributed by atoms with Gasteiger partial charge < -0.3 is 9.73 Å². The van der Waals surface area contributed by atoms with E-state index in [9.17, 15) is 22.8 Å². The number of hydrazine groups is 1. The van der Waals surface area contributed by atoms with Crippen LogP contribution in [0, 0.1) is 5.92 Å². The average Bonchev–Trinajstić information content (AvgIpc) is 3.29. The number of hydrogen-bond acceptors (Lipinski definition) is 6. The fourth-order valence-corrected chi connectivity index (χ4v) is 4.34. The largest absolute Gasteiger partial charge is 0.459 e. The van der Waals surface area contributed by atoms with Crippen molar-refractivity contribution in [3.8, 4) is 0 Å². The van der Waals surface area contributed by atoms with Gasteiger partial charge in [0, 0.05) is 11.3 Å². The van der Waals surface area contributed by atoms with Crippen LogP contribution in [0.15, 0.2) is 47.1 Å². The van der Waals surface area contributed by atoms with Gasteiger partial charge in [0.05, 0.1) is 23.7 Å². The fraction of sp³-hybridized carbons (Fsp3) is 0.235. The highest BCUT2D eigenvalue weighted by atomic mass is 32.2. The first-order valence-electron chi connectivity index (χ1n) is 8.09. The molecule has 9 nitrogen and oxygen atoms in total. The Morgan fingerprint density at radius 3 is 2.33 bits per heavy atom. The molecule has 0 bridgehead atoms. The number of carbonyl (C=O) groups is 3. The molecule has 0 radical (unpaired) electrons. The second kappa shape index (κ2) is 7.62. The van der Waals surface area contributed by atoms with Crippen molar-refractivity contribution in [2.24, 2.45) is 5.92 Å². The van der Waals surface area contributed by atoms with Crippen LogP contribution in [0.5, 0.6) is 0 Å². The summed E-state index contributed by atoms with van der Waals surface area (Å²) in [5.74, 6) is -2.25. The predicted octanol–water partition coefficient (Wildman–Crippen LogP) is 0.728. The molecule has 1 atom stereocenters. The van der Waals surface area contributed by atoms with Crippen molar-refractivity contribution < 1.29 is 27.2 Å². The molecule has 1 aliphatic rings. The molecule has 0 saturated carbocycles. The van der Waals surface area contributed by atoms with Crippen LogP contribution in [0.25, 0.3) is 0 Å². The van der Waals surface area contributed by atoms with E-state index >= 15 is 0 Å². The molecular formula is C17H17N3O6S. The van der Waals surface area contributed by atoms with E-state index in [1.807, 2.05) is 0 Å². The molecule has 1 aromatic heterocycles. The van der Waals surface area contributed by atoms with Crippen molar-refractivity contribution in [2.75, 3.05) is 16.8 Å². The molecular weight excluding hydrogens is 374 g/mol. The van der Waals surface area contributed by atoms with Gasteiger partial charge in [0.15, 0.2) is 15.6 Å². The molecule has 10 heteroatoms. The van der Waals surface area contributed by atoms with E-state index in [0.717, 1.165) is 0 Å². The maximum Gasteiger partial charge on any atom is 0.291 e. The Labute approximate surface area is 155 Å². The van der Waals surface area contributed by atoms with Crippen LogP contribution >= 0.6 is 0 Å². The molecule has 1 saturated heterocycles. The first kappa shape index (κ1) is 18.6. The summed E-state index contributed by atoms with van der Waals surface area (Å²) in [7, 11) is -3.18. The molecule has 3 rings (SSSR count). The van der Waals surface area contributed by atoms with Gasteiger partial charge in [-0.3, -0.25) is 25.2 Å². The maximum absolute atomic E-state index is 12.1. The van der Waals surface area contributed by atoms with Gasteiger partial charge in [-0.2, -0.15) is 0 Å². The van der Waals surface area contributed by atoms with Crippen molar-refractivity contribution >= 4 is 33.2 Å². The van der Waals surface area contributed by atoms with Crippen molar-refractivity contribution in [1.29, 1.82) is 0 Å². The summed E-state index contributed by atoms with van der Waals surface area (Å²) in [4.78, 5) is 35.8. The van der Waals surface area contributed by atoms with Crippen LogP contribution in [0.4, 0.5) is 5.69 Å². The van der Waals surface area contributed by atoms with Gasteiger partial charge in [0.25, 0.3) is 11.8 Å². The Bertz CT molecular complexity index is 951. The Hall–Kier alpha value is -3.14. The average molecular weight is 391 g/mol. The van der Waals surface area contributed by atoms with E-state index in [2.05, 4.69) is 16.2 Å². The number of nitrogens with one attached hydrogen (secondary N) is 3. The van der Waals surface area contributed by atoms with Crippen LogP contribution in [0.2, 0.25) is 0 Å². The third-order valence-electron chi connectivity index (χ3n) is 4.05. The smallest absolute Gasteiger partial charge is 0.291 e. The van der Waals surface area contributed by atoms with E-state index < -0.39 is 33.5 Å². The minimum Gasteiger partial charge on any atom is -0.459 e. The lowest BCUT2D eigenvalue weighted by Crippen LogP contribution is -2.44. The second-order valence-electron chi connectivity index (χ2n) is 6.05. The van der Waals surface area contributed by atoms with Crippen LogP contribution in [0.1, 0.15) is 27.3 Å². The molecule has 0 aliphatic carbocycles. The summed E-state index contributed by atoms with van der Waals surface area (Å²) >= 11 is 0. The molecule has 142 valence electrons. The standard InChI is InChI=1S/C17H17N3O6S/c21-15(19-20-16(22)12-7-9-27(24,25)10-12)11-3-5-13(6-4-11)18-17(23)14-2-1-8-26-14/h1-6,8,12H,7,9-10H2,(H,18,23)(H,19,21)(H,20,22)/t12-/m0/s1. The first-order chi connectivity index (χ1) is 12.8. The van der Waals surface area contributed by atoms with Gasteiger partial charge >= 0.3 is 0 Å². The van der Waals surface area contributed by atoms with Gasteiger partial charge in [-0.05, 0) is 42.8 Å². The second-order valence-corrected chi connectivity index (χ2v) is 8.28. The van der Waals surface area contributed by atoms with E-state index in [-0.39, 0.29) is 29.3 Å². The summed E-state index contributed by atoms with van der Waals surface area (Å²) < 4.78 is 27.8. The SMILES string of the molecule is O=C(NNC(=O)[C@H]1CCS(=O)(=O)C1)c1ccc(NC(=O)c2ccco2)cc1. The lowest BCUT2D eigenvalue weighted by molar-refractivity contribution is -0.125. The topological polar surface area (TPSA) is 135 Å². The van der Waals surface area contributed by atoms with Gasteiger partial charge in [0.1, 0.15) is 0 Å². The normalized spacial score (nSPS) is 17.9. The predicted molar refractivity (Wildman–Crippen MR) is 95.5 cm³/mol. The third kappa shape index (κ3) is 4.73. The maximum atomic E-state index is 12.1. The van der Waals surface area contributed by atoms with Crippen molar-refractivity contribution in [3.63, 3.8) is 0 Å². The number of amides is 3. The summed E-state index contributed by atoms with van der Waals surface area (Å²) in [6.45, 7) is 0. The number of rotatable bonds is 4. The molecule has 0 unspecified atom stereocenters. The minimum absolute atomic E-state index is 0.0236. The van der Waals surface area contributed by atoms with E-state index in [1.54, 1.807) is 6.07 Å². The van der Waals surface area contributed by atoms with Gasteiger partial charge in [-0.15, -0.1) is 0 Å². The van der Waals surface area contributed by atoms with Gasteiger partial charge in [-0.1, -0.05) is 0 Å². The third-order valence-corrected chi connectivity index (χ3v) is 5.82. The highest BCUT2D eigenvalue weighted by Crippen LogP contribution is 2.18. The van der Waals surface area contributed by atoms with E-state index in [1.165, 1.54) is 36.6 Å². The number of anilines is 1. The summed E-state index contributed by atoms with van der Waals surface area (Å²) in [6, 6.07) is 9.12. The van der Waals surface area contributed by atoms with Crippen LogP contribution in [0.3, 0.4) is 0 Å². The highest BCUT2D eigenvalue weighted by molar-refractivity contribution is 7.91. The van der Waals surface area contributed by atoms with Crippen molar-refractivity contribution in [1.82, 2.24) is 10.9 Å². The summed E-state index contributed by atoms with van der Waals surface area (Å²) in [5, 5.41) is 2.61. The van der Waals surface area contributed by atoms with Gasteiger partial charge in [0.2, 0.25) is 5.91 Å². The highest BCUT2D eigenvalue weighted by Gasteiger charge is 2.33. The number of sulfone groups is 1.